The number of ether oxygens (including phenoxy) is 1. The third kappa shape index (κ3) is 6.59. The normalized spacial score (nSPS) is 10.6. The lowest BCUT2D eigenvalue weighted by atomic mass is 9.91. The van der Waals surface area contributed by atoms with E-state index in [9.17, 15) is 9.59 Å². The number of benzene rings is 3. The molecule has 0 unspecified atom stereocenters. The molecule has 30 heavy (non-hydrogen) atoms. The lowest BCUT2D eigenvalue weighted by Gasteiger charge is -2.19. The van der Waals surface area contributed by atoms with E-state index < -0.39 is 0 Å². The van der Waals surface area contributed by atoms with Gasteiger partial charge in [0.05, 0.1) is 0 Å². The number of ketones is 1. The number of carbonyl (C=O) groups is 2. The van der Waals surface area contributed by atoms with Crippen molar-refractivity contribution in [1.29, 1.82) is 0 Å². The molecule has 0 heterocycles. The van der Waals surface area contributed by atoms with Crippen LogP contribution in [-0.2, 0) is 16.0 Å². The molecule has 3 aromatic carbocycles. The van der Waals surface area contributed by atoms with E-state index in [2.05, 4.69) is 29.6 Å². The van der Waals surface area contributed by atoms with Crippen LogP contribution in [0.3, 0.4) is 0 Å². The van der Waals surface area contributed by atoms with E-state index in [4.69, 9.17) is 4.74 Å². The van der Waals surface area contributed by atoms with Crippen LogP contribution in [0, 0.1) is 0 Å². The zero-order chi connectivity index (χ0) is 21.2. The van der Waals surface area contributed by atoms with Crippen LogP contribution in [0.15, 0.2) is 84.9 Å². The number of carbonyl (C=O) groups excluding carboxylic acids is 2. The summed E-state index contributed by atoms with van der Waals surface area (Å²) in [5.41, 5.74) is 3.40. The van der Waals surface area contributed by atoms with Crippen LogP contribution in [0.1, 0.15) is 36.0 Å². The van der Waals surface area contributed by atoms with Crippen LogP contribution in [0.5, 0.6) is 5.75 Å². The van der Waals surface area contributed by atoms with Gasteiger partial charge >= 0.3 is 0 Å². The van der Waals surface area contributed by atoms with E-state index in [0.29, 0.717) is 18.7 Å². The smallest absolute Gasteiger partial charge is 0.257 e. The number of Topliss-reactive ketones (excluding diaryl/α,β-unsaturated/α-hetero) is 1. The Kier molecular flexibility index (Phi) is 7.78. The van der Waals surface area contributed by atoms with Crippen molar-refractivity contribution >= 4 is 11.7 Å². The zero-order valence-electron chi connectivity index (χ0n) is 17.2. The van der Waals surface area contributed by atoms with Crippen LogP contribution in [-0.4, -0.2) is 24.8 Å². The van der Waals surface area contributed by atoms with Crippen LogP contribution >= 0.6 is 0 Å². The number of rotatable bonds is 10. The van der Waals surface area contributed by atoms with E-state index in [1.165, 1.54) is 0 Å². The Bertz CT molecular complexity index is 898. The molecule has 0 radical (unpaired) electrons. The van der Waals surface area contributed by atoms with Crippen molar-refractivity contribution < 1.29 is 14.3 Å². The summed E-state index contributed by atoms with van der Waals surface area (Å²) in [6, 6.07) is 27.9. The van der Waals surface area contributed by atoms with E-state index in [1.54, 1.807) is 6.92 Å². The first kappa shape index (κ1) is 21.3. The van der Waals surface area contributed by atoms with Crippen molar-refractivity contribution in [3.05, 3.63) is 102 Å². The Labute approximate surface area is 177 Å². The van der Waals surface area contributed by atoms with Gasteiger partial charge in [-0.3, -0.25) is 4.79 Å². The maximum absolute atomic E-state index is 12.4. The number of amides is 1. The van der Waals surface area contributed by atoms with E-state index in [1.807, 2.05) is 60.7 Å². The standard InChI is InChI=1S/C26H27NO3/c1-20(28)12-13-21-14-16-24(17-15-21)30-19-26(29)27-18-25(22-8-4-2-5-9-22)23-10-6-3-7-11-23/h2-11,14-17,25H,12-13,18-19H2,1H3,(H,27,29). The molecular formula is C26H27NO3. The minimum Gasteiger partial charge on any atom is -0.484 e. The molecule has 0 saturated carbocycles. The molecule has 0 fully saturated rings. The van der Waals surface area contributed by atoms with Gasteiger partial charge in [-0.05, 0) is 42.2 Å². The summed E-state index contributed by atoms with van der Waals surface area (Å²) in [4.78, 5) is 23.4. The van der Waals surface area contributed by atoms with E-state index >= 15 is 0 Å². The highest BCUT2D eigenvalue weighted by Crippen LogP contribution is 2.23. The first-order chi connectivity index (χ1) is 14.6. The minimum atomic E-state index is -0.160. The Balaban J connectivity index is 1.53. The number of hydrogen-bond acceptors (Lipinski definition) is 3. The van der Waals surface area contributed by atoms with Crippen molar-refractivity contribution in [2.75, 3.05) is 13.2 Å². The average molecular weight is 402 g/mol. The Morgan fingerprint density at radius 1 is 0.833 bits per heavy atom. The molecule has 0 aliphatic carbocycles. The predicted octanol–water partition coefficient (Wildman–Crippen LogP) is 4.54. The summed E-state index contributed by atoms with van der Waals surface area (Å²) in [7, 11) is 0. The summed E-state index contributed by atoms with van der Waals surface area (Å²) in [6.45, 7) is 2.06. The summed E-state index contributed by atoms with van der Waals surface area (Å²) in [6.07, 6.45) is 1.25. The van der Waals surface area contributed by atoms with Gasteiger partial charge in [0.2, 0.25) is 0 Å². The zero-order valence-corrected chi connectivity index (χ0v) is 17.2. The third-order valence-corrected chi connectivity index (χ3v) is 4.97. The Morgan fingerprint density at radius 2 is 1.40 bits per heavy atom. The van der Waals surface area contributed by atoms with Crippen LogP contribution in [0.2, 0.25) is 0 Å². The Morgan fingerprint density at radius 3 is 1.93 bits per heavy atom. The summed E-state index contributed by atoms with van der Waals surface area (Å²) in [5.74, 6) is 0.736. The van der Waals surface area contributed by atoms with Crippen LogP contribution in [0.4, 0.5) is 0 Å². The fraction of sp³-hybridized carbons (Fsp3) is 0.231. The van der Waals surface area contributed by atoms with Gasteiger partial charge in [-0.1, -0.05) is 72.8 Å². The molecule has 0 atom stereocenters. The molecule has 0 aromatic heterocycles. The average Bonchev–Trinajstić information content (AvgIpc) is 2.78. The molecular weight excluding hydrogens is 374 g/mol. The maximum atomic E-state index is 12.4. The largest absolute Gasteiger partial charge is 0.484 e. The second-order valence-electron chi connectivity index (χ2n) is 7.31. The van der Waals surface area contributed by atoms with Gasteiger partial charge in [0.25, 0.3) is 5.91 Å². The van der Waals surface area contributed by atoms with Crippen molar-refractivity contribution in [2.24, 2.45) is 0 Å². The minimum absolute atomic E-state index is 0.0386. The highest BCUT2D eigenvalue weighted by molar-refractivity contribution is 5.77. The molecule has 3 rings (SSSR count). The molecule has 0 bridgehead atoms. The van der Waals surface area contributed by atoms with Crippen molar-refractivity contribution in [3.63, 3.8) is 0 Å². The first-order valence-electron chi connectivity index (χ1n) is 10.2. The summed E-state index contributed by atoms with van der Waals surface area (Å²) >= 11 is 0. The molecule has 0 aliphatic heterocycles. The Hall–Kier alpha value is -3.40. The lowest BCUT2D eigenvalue weighted by Crippen LogP contribution is -2.32. The van der Waals surface area contributed by atoms with Crippen molar-refractivity contribution in [1.82, 2.24) is 5.32 Å². The van der Waals surface area contributed by atoms with Crippen LogP contribution < -0.4 is 10.1 Å². The van der Waals surface area contributed by atoms with Crippen molar-refractivity contribution in [2.45, 2.75) is 25.7 Å². The second kappa shape index (κ2) is 11.0. The van der Waals surface area contributed by atoms with Gasteiger partial charge in [0.15, 0.2) is 6.61 Å². The first-order valence-corrected chi connectivity index (χ1v) is 10.2. The molecule has 4 heteroatoms. The fourth-order valence-electron chi connectivity index (χ4n) is 3.29. The topological polar surface area (TPSA) is 55.4 Å². The van der Waals surface area contributed by atoms with Crippen molar-refractivity contribution in [3.8, 4) is 5.75 Å². The lowest BCUT2D eigenvalue weighted by molar-refractivity contribution is -0.123. The molecule has 0 saturated heterocycles. The molecule has 4 nitrogen and oxygen atoms in total. The van der Waals surface area contributed by atoms with E-state index in [0.717, 1.165) is 23.1 Å². The SMILES string of the molecule is CC(=O)CCc1ccc(OCC(=O)NCC(c2ccccc2)c2ccccc2)cc1. The number of aryl methyl sites for hydroxylation is 1. The predicted molar refractivity (Wildman–Crippen MR) is 119 cm³/mol. The fourth-order valence-corrected chi connectivity index (χ4v) is 3.29. The van der Waals surface area contributed by atoms with Gasteiger partial charge < -0.3 is 14.8 Å². The number of hydrogen-bond donors (Lipinski definition) is 1. The highest BCUT2D eigenvalue weighted by Gasteiger charge is 2.15. The van der Waals surface area contributed by atoms with Gasteiger partial charge in [-0.25, -0.2) is 0 Å². The maximum Gasteiger partial charge on any atom is 0.257 e. The highest BCUT2D eigenvalue weighted by atomic mass is 16.5. The van der Waals surface area contributed by atoms with Crippen LogP contribution in [0.25, 0.3) is 0 Å². The van der Waals surface area contributed by atoms with Gasteiger partial charge in [-0.15, -0.1) is 0 Å². The summed E-state index contributed by atoms with van der Waals surface area (Å²) < 4.78 is 5.61. The van der Waals surface area contributed by atoms with Gasteiger partial charge in [-0.2, -0.15) is 0 Å². The second-order valence-corrected chi connectivity index (χ2v) is 7.31. The molecule has 3 aromatic rings. The molecule has 0 spiro atoms. The van der Waals surface area contributed by atoms with E-state index in [-0.39, 0.29) is 24.2 Å². The monoisotopic (exact) mass is 401 g/mol. The molecule has 154 valence electrons. The molecule has 1 amide bonds. The number of nitrogens with one attached hydrogen (secondary N) is 1. The molecule has 0 aliphatic rings. The van der Waals surface area contributed by atoms with Gasteiger partial charge in [0.1, 0.15) is 11.5 Å². The summed E-state index contributed by atoms with van der Waals surface area (Å²) in [5, 5.41) is 2.99. The quantitative estimate of drug-likeness (QED) is 0.543. The van der Waals surface area contributed by atoms with Gasteiger partial charge in [0, 0.05) is 18.9 Å². The molecule has 1 N–H and O–H groups in total. The third-order valence-electron chi connectivity index (χ3n) is 4.97.